The lowest BCUT2D eigenvalue weighted by Gasteiger charge is -2.22. The van der Waals surface area contributed by atoms with Crippen LogP contribution in [-0.2, 0) is 16.6 Å². The second-order valence-corrected chi connectivity index (χ2v) is 4.95. The molecule has 0 saturated carbocycles. The summed E-state index contributed by atoms with van der Waals surface area (Å²) in [6, 6.07) is 6.00. The van der Waals surface area contributed by atoms with Crippen LogP contribution in [0.5, 0.6) is 0 Å². The number of rotatable bonds is 2. The lowest BCUT2D eigenvalue weighted by atomic mass is 9.84. The number of nitrogens with zero attached hydrogens (tertiary/aromatic N) is 1. The van der Waals surface area contributed by atoms with E-state index < -0.39 is 11.4 Å². The molecule has 1 heterocycles. The summed E-state index contributed by atoms with van der Waals surface area (Å²) >= 11 is 0. The minimum Gasteiger partial charge on any atom is -0.481 e. The predicted octanol–water partition coefficient (Wildman–Crippen LogP) is 2.04. The van der Waals surface area contributed by atoms with E-state index in [2.05, 4.69) is 11.0 Å². The summed E-state index contributed by atoms with van der Waals surface area (Å²) in [6.07, 6.45) is 1.06. The molecule has 0 unspecified atom stereocenters. The van der Waals surface area contributed by atoms with Crippen LogP contribution in [0.1, 0.15) is 25.0 Å². The highest BCUT2D eigenvalue weighted by Crippen LogP contribution is 2.32. The van der Waals surface area contributed by atoms with Crippen molar-refractivity contribution in [3.05, 3.63) is 29.3 Å². The molecule has 0 fully saturated rings. The molecule has 1 N–H and O–H groups in total. The van der Waals surface area contributed by atoms with E-state index in [4.69, 9.17) is 0 Å². The van der Waals surface area contributed by atoms with Gasteiger partial charge in [0.2, 0.25) is 0 Å². The van der Waals surface area contributed by atoms with Gasteiger partial charge in [-0.05, 0) is 37.5 Å². The molecule has 0 aromatic heterocycles. The van der Waals surface area contributed by atoms with E-state index in [0.717, 1.165) is 18.5 Å². The third-order valence-electron chi connectivity index (χ3n) is 3.47. The molecular weight excluding hydrogens is 202 g/mol. The van der Waals surface area contributed by atoms with Gasteiger partial charge in [0.15, 0.2) is 0 Å². The Morgan fingerprint density at radius 2 is 2.12 bits per heavy atom. The van der Waals surface area contributed by atoms with Gasteiger partial charge in [-0.15, -0.1) is 0 Å². The number of likely N-dealkylation sites (N-methyl/N-ethyl adjacent to an activating group) is 1. The SMILES string of the molecule is CN1CCc2ccc(C(C)(C)C(=O)O)cc21. The number of benzene rings is 1. The highest BCUT2D eigenvalue weighted by atomic mass is 16.4. The largest absolute Gasteiger partial charge is 0.481 e. The number of fused-ring (bicyclic) bond motifs is 1. The van der Waals surface area contributed by atoms with Crippen molar-refractivity contribution in [2.75, 3.05) is 18.5 Å². The third-order valence-corrected chi connectivity index (χ3v) is 3.47. The van der Waals surface area contributed by atoms with Crippen LogP contribution in [0, 0.1) is 0 Å². The maximum absolute atomic E-state index is 11.2. The van der Waals surface area contributed by atoms with Gasteiger partial charge >= 0.3 is 5.97 Å². The molecule has 1 aliphatic rings. The van der Waals surface area contributed by atoms with Gasteiger partial charge in [-0.2, -0.15) is 0 Å². The molecule has 16 heavy (non-hydrogen) atoms. The minimum absolute atomic E-state index is 0.784. The quantitative estimate of drug-likeness (QED) is 0.827. The third kappa shape index (κ3) is 1.56. The fourth-order valence-electron chi connectivity index (χ4n) is 2.05. The average Bonchev–Trinajstić information content (AvgIpc) is 2.60. The zero-order chi connectivity index (χ0) is 11.9. The number of anilines is 1. The van der Waals surface area contributed by atoms with Crippen LogP contribution in [0.15, 0.2) is 18.2 Å². The molecule has 0 aliphatic carbocycles. The first-order valence-electron chi connectivity index (χ1n) is 5.51. The fourth-order valence-corrected chi connectivity index (χ4v) is 2.05. The summed E-state index contributed by atoms with van der Waals surface area (Å²) in [4.78, 5) is 13.4. The summed E-state index contributed by atoms with van der Waals surface area (Å²) in [7, 11) is 2.05. The first kappa shape index (κ1) is 11.0. The smallest absolute Gasteiger partial charge is 0.313 e. The average molecular weight is 219 g/mol. The molecule has 0 atom stereocenters. The molecule has 3 heteroatoms. The molecule has 1 aromatic rings. The van der Waals surface area contributed by atoms with Crippen LogP contribution in [0.4, 0.5) is 5.69 Å². The highest BCUT2D eigenvalue weighted by Gasteiger charge is 2.30. The maximum Gasteiger partial charge on any atom is 0.313 e. The van der Waals surface area contributed by atoms with Gasteiger partial charge in [0.05, 0.1) is 5.41 Å². The van der Waals surface area contributed by atoms with Gasteiger partial charge in [-0.1, -0.05) is 12.1 Å². The van der Waals surface area contributed by atoms with Crippen LogP contribution in [0.25, 0.3) is 0 Å². The number of aliphatic carboxylic acids is 1. The zero-order valence-corrected chi connectivity index (χ0v) is 9.95. The molecule has 0 amide bonds. The molecule has 1 aliphatic heterocycles. The fraction of sp³-hybridized carbons (Fsp3) is 0.462. The molecular formula is C13H17NO2. The van der Waals surface area contributed by atoms with Crippen molar-refractivity contribution in [3.8, 4) is 0 Å². The van der Waals surface area contributed by atoms with E-state index in [9.17, 15) is 9.90 Å². The molecule has 0 saturated heterocycles. The summed E-state index contributed by atoms with van der Waals surface area (Å²) < 4.78 is 0. The first-order valence-corrected chi connectivity index (χ1v) is 5.51. The Morgan fingerprint density at radius 3 is 2.75 bits per heavy atom. The van der Waals surface area contributed by atoms with E-state index in [1.54, 1.807) is 13.8 Å². The van der Waals surface area contributed by atoms with Crippen molar-refractivity contribution in [1.82, 2.24) is 0 Å². The van der Waals surface area contributed by atoms with Crippen molar-refractivity contribution in [1.29, 1.82) is 0 Å². The number of hydrogen-bond acceptors (Lipinski definition) is 2. The zero-order valence-electron chi connectivity index (χ0n) is 9.95. The van der Waals surface area contributed by atoms with Crippen molar-refractivity contribution in [2.24, 2.45) is 0 Å². The molecule has 0 bridgehead atoms. The van der Waals surface area contributed by atoms with E-state index in [1.165, 1.54) is 11.3 Å². The second kappa shape index (κ2) is 3.51. The van der Waals surface area contributed by atoms with Crippen molar-refractivity contribution >= 4 is 11.7 Å². The van der Waals surface area contributed by atoms with E-state index in [0.29, 0.717) is 0 Å². The number of carboxylic acids is 1. The van der Waals surface area contributed by atoms with E-state index in [1.807, 2.05) is 19.2 Å². The van der Waals surface area contributed by atoms with Crippen LogP contribution < -0.4 is 4.90 Å². The Bertz CT molecular complexity index is 438. The highest BCUT2D eigenvalue weighted by molar-refractivity contribution is 5.81. The lowest BCUT2D eigenvalue weighted by molar-refractivity contribution is -0.142. The summed E-state index contributed by atoms with van der Waals surface area (Å²) in [5, 5.41) is 9.20. The van der Waals surface area contributed by atoms with Gasteiger partial charge in [0.1, 0.15) is 0 Å². The predicted molar refractivity (Wildman–Crippen MR) is 64.1 cm³/mol. The minimum atomic E-state index is -0.821. The Hall–Kier alpha value is -1.51. The van der Waals surface area contributed by atoms with Crippen LogP contribution in [-0.4, -0.2) is 24.7 Å². The summed E-state index contributed by atoms with van der Waals surface area (Å²) in [6.45, 7) is 4.50. The van der Waals surface area contributed by atoms with Crippen molar-refractivity contribution < 1.29 is 9.90 Å². The molecule has 2 rings (SSSR count). The summed E-state index contributed by atoms with van der Waals surface area (Å²) in [5.41, 5.74) is 2.53. The van der Waals surface area contributed by atoms with Crippen molar-refractivity contribution in [3.63, 3.8) is 0 Å². The monoisotopic (exact) mass is 219 g/mol. The van der Waals surface area contributed by atoms with Gasteiger partial charge < -0.3 is 10.0 Å². The Balaban J connectivity index is 2.46. The first-order chi connectivity index (χ1) is 7.43. The molecule has 0 radical (unpaired) electrons. The maximum atomic E-state index is 11.2. The van der Waals surface area contributed by atoms with Crippen LogP contribution in [0.3, 0.4) is 0 Å². The van der Waals surface area contributed by atoms with Gasteiger partial charge in [-0.25, -0.2) is 0 Å². The molecule has 1 aromatic carbocycles. The lowest BCUT2D eigenvalue weighted by Crippen LogP contribution is -2.28. The number of carboxylic acid groups (broad SMARTS) is 1. The van der Waals surface area contributed by atoms with Crippen LogP contribution in [0.2, 0.25) is 0 Å². The van der Waals surface area contributed by atoms with E-state index >= 15 is 0 Å². The molecule has 0 spiro atoms. The van der Waals surface area contributed by atoms with Crippen LogP contribution >= 0.6 is 0 Å². The topological polar surface area (TPSA) is 40.5 Å². The molecule has 86 valence electrons. The Labute approximate surface area is 95.7 Å². The van der Waals surface area contributed by atoms with E-state index in [-0.39, 0.29) is 0 Å². The Kier molecular flexibility index (Phi) is 2.41. The second-order valence-electron chi connectivity index (χ2n) is 4.95. The van der Waals surface area contributed by atoms with Gasteiger partial charge in [0, 0.05) is 19.3 Å². The molecule has 3 nitrogen and oxygen atoms in total. The Morgan fingerprint density at radius 1 is 1.44 bits per heavy atom. The normalized spacial score (nSPS) is 15.1. The number of hydrogen-bond donors (Lipinski definition) is 1. The number of carbonyl (C=O) groups is 1. The standard InChI is InChI=1S/C13H17NO2/c1-13(2,12(15)16)10-5-4-9-6-7-14(3)11(9)8-10/h4-5,8H,6-7H2,1-3H3,(H,15,16). The van der Waals surface area contributed by atoms with Gasteiger partial charge in [0.25, 0.3) is 0 Å². The van der Waals surface area contributed by atoms with Gasteiger partial charge in [-0.3, -0.25) is 4.79 Å². The summed E-state index contributed by atoms with van der Waals surface area (Å²) in [5.74, 6) is -0.784. The van der Waals surface area contributed by atoms with Crippen molar-refractivity contribution in [2.45, 2.75) is 25.7 Å².